The van der Waals surface area contributed by atoms with Gasteiger partial charge < -0.3 is 4.90 Å². The Labute approximate surface area is 161 Å². The molecule has 1 atom stereocenters. The number of hydrogen-bond acceptors (Lipinski definition) is 4. The highest BCUT2D eigenvalue weighted by Gasteiger charge is 2.36. The first-order chi connectivity index (χ1) is 12.5. The Kier molecular flexibility index (Phi) is 5.95. The zero-order valence-corrected chi connectivity index (χ0v) is 17.2. The van der Waals surface area contributed by atoms with Crippen LogP contribution in [0.1, 0.15) is 26.2 Å². The lowest BCUT2D eigenvalue weighted by Gasteiger charge is -2.29. The molecule has 0 fully saturated rings. The topological polar surface area (TPSA) is 40.6 Å². The summed E-state index contributed by atoms with van der Waals surface area (Å²) in [4.78, 5) is 3.62. The van der Waals surface area contributed by atoms with Gasteiger partial charge in [-0.25, -0.2) is 8.42 Å². The van der Waals surface area contributed by atoms with Gasteiger partial charge >= 0.3 is 0 Å². The van der Waals surface area contributed by atoms with E-state index in [0.717, 1.165) is 35.5 Å². The lowest BCUT2D eigenvalue weighted by Crippen LogP contribution is -2.40. The van der Waals surface area contributed by atoms with Crippen LogP contribution in [0.5, 0.6) is 0 Å². The summed E-state index contributed by atoms with van der Waals surface area (Å²) in [5.74, 6) is 0. The van der Waals surface area contributed by atoms with Crippen LogP contribution < -0.4 is 4.90 Å². The van der Waals surface area contributed by atoms with E-state index in [0.29, 0.717) is 11.4 Å². The van der Waals surface area contributed by atoms with E-state index in [1.807, 2.05) is 48.7 Å². The summed E-state index contributed by atoms with van der Waals surface area (Å²) in [6, 6.07) is 15.7. The molecule has 26 heavy (non-hydrogen) atoms. The summed E-state index contributed by atoms with van der Waals surface area (Å²) in [6.45, 7) is 2.80. The Hall–Kier alpha value is -1.50. The van der Waals surface area contributed by atoms with E-state index < -0.39 is 10.0 Å². The second kappa shape index (κ2) is 8.03. The van der Waals surface area contributed by atoms with Gasteiger partial charge in [-0.1, -0.05) is 38.0 Å². The average molecular weight is 391 g/mol. The quantitative estimate of drug-likeness (QED) is 0.692. The van der Waals surface area contributed by atoms with Crippen LogP contribution in [0.4, 0.5) is 11.4 Å². The smallest absolute Gasteiger partial charge is 0.245 e. The molecule has 2 aromatic rings. The molecule has 0 aromatic heterocycles. The molecule has 140 valence electrons. The van der Waals surface area contributed by atoms with Gasteiger partial charge in [0.1, 0.15) is 4.90 Å². The number of thioether (sulfide) groups is 1. The SMILES string of the molecule is CCCCC1CN(c2ccccc2)c2cc(SC)ccc2S(=O)(=O)N1C. The molecule has 1 unspecified atom stereocenters. The molecule has 0 saturated heterocycles. The highest BCUT2D eigenvalue weighted by atomic mass is 32.2. The largest absolute Gasteiger partial charge is 0.339 e. The third-order valence-electron chi connectivity index (χ3n) is 4.98. The number of para-hydroxylation sites is 1. The number of anilines is 2. The zero-order chi connectivity index (χ0) is 18.7. The Bertz CT molecular complexity index is 853. The van der Waals surface area contributed by atoms with Crippen molar-refractivity contribution in [1.82, 2.24) is 4.31 Å². The summed E-state index contributed by atoms with van der Waals surface area (Å²) in [7, 11) is -1.80. The van der Waals surface area contributed by atoms with Gasteiger partial charge in [-0.05, 0) is 43.0 Å². The molecular formula is C20H26N2O2S2. The van der Waals surface area contributed by atoms with E-state index in [2.05, 4.69) is 11.8 Å². The van der Waals surface area contributed by atoms with Gasteiger partial charge in [0.05, 0.1) is 5.69 Å². The first-order valence-electron chi connectivity index (χ1n) is 8.97. The molecule has 0 aliphatic carbocycles. The van der Waals surface area contributed by atoms with Crippen molar-refractivity contribution in [2.75, 3.05) is 24.7 Å². The second-order valence-corrected chi connectivity index (χ2v) is 9.44. The molecule has 0 N–H and O–H groups in total. The predicted octanol–water partition coefficient (Wildman–Crippen LogP) is 4.74. The molecule has 3 rings (SSSR count). The summed E-state index contributed by atoms with van der Waals surface area (Å²) in [5, 5.41) is 0. The van der Waals surface area contributed by atoms with E-state index in [1.165, 1.54) is 0 Å². The van der Waals surface area contributed by atoms with Crippen molar-refractivity contribution < 1.29 is 8.42 Å². The molecule has 4 nitrogen and oxygen atoms in total. The average Bonchev–Trinajstić information content (AvgIpc) is 2.75. The minimum Gasteiger partial charge on any atom is -0.339 e. The van der Waals surface area contributed by atoms with Crippen LogP contribution >= 0.6 is 11.8 Å². The molecule has 0 saturated carbocycles. The van der Waals surface area contributed by atoms with Crippen molar-refractivity contribution in [3.05, 3.63) is 48.5 Å². The Morgan fingerprint density at radius 1 is 1.15 bits per heavy atom. The lowest BCUT2D eigenvalue weighted by molar-refractivity contribution is 0.351. The van der Waals surface area contributed by atoms with E-state index in [4.69, 9.17) is 0 Å². The molecule has 1 aliphatic rings. The number of sulfonamides is 1. The van der Waals surface area contributed by atoms with Gasteiger partial charge in [0.25, 0.3) is 0 Å². The normalized spacial score (nSPS) is 19.8. The van der Waals surface area contributed by atoms with Gasteiger partial charge in [0.15, 0.2) is 0 Å². The maximum Gasteiger partial charge on any atom is 0.245 e. The zero-order valence-electron chi connectivity index (χ0n) is 15.6. The minimum atomic E-state index is -3.52. The molecule has 2 aromatic carbocycles. The number of nitrogens with zero attached hydrogens (tertiary/aromatic N) is 2. The standard InChI is InChI=1S/C20H26N2O2S2/c1-4-5-9-17-15-22(16-10-7-6-8-11-16)19-14-18(25-3)12-13-20(19)26(23,24)21(17)2/h6-8,10-14,17H,4-5,9,15H2,1-3H3. The van der Waals surface area contributed by atoms with Crippen LogP contribution in [0.25, 0.3) is 0 Å². The second-order valence-electron chi connectivity index (χ2n) is 6.60. The van der Waals surface area contributed by atoms with Crippen molar-refractivity contribution in [2.24, 2.45) is 0 Å². The first kappa shape index (κ1) is 19.3. The van der Waals surface area contributed by atoms with Gasteiger partial charge in [-0.2, -0.15) is 4.31 Å². The van der Waals surface area contributed by atoms with Gasteiger partial charge in [-0.15, -0.1) is 11.8 Å². The van der Waals surface area contributed by atoms with E-state index in [9.17, 15) is 8.42 Å². The molecule has 1 aliphatic heterocycles. The van der Waals surface area contributed by atoms with Crippen LogP contribution in [0.2, 0.25) is 0 Å². The first-order valence-corrected chi connectivity index (χ1v) is 11.6. The molecular weight excluding hydrogens is 364 g/mol. The summed E-state index contributed by atoms with van der Waals surface area (Å²) >= 11 is 1.63. The molecule has 0 radical (unpaired) electrons. The molecule has 6 heteroatoms. The number of hydrogen-bond donors (Lipinski definition) is 0. The fourth-order valence-electron chi connectivity index (χ4n) is 3.39. The summed E-state index contributed by atoms with van der Waals surface area (Å²) in [5.41, 5.74) is 1.80. The van der Waals surface area contributed by atoms with E-state index in [-0.39, 0.29) is 6.04 Å². The van der Waals surface area contributed by atoms with Crippen LogP contribution in [0.3, 0.4) is 0 Å². The van der Waals surface area contributed by atoms with Crippen LogP contribution in [-0.2, 0) is 10.0 Å². The van der Waals surface area contributed by atoms with Crippen molar-refractivity contribution in [2.45, 2.75) is 42.0 Å². The van der Waals surface area contributed by atoms with Crippen LogP contribution in [0.15, 0.2) is 58.3 Å². The van der Waals surface area contributed by atoms with Crippen molar-refractivity contribution in [3.8, 4) is 0 Å². The van der Waals surface area contributed by atoms with Gasteiger partial charge in [0.2, 0.25) is 10.0 Å². The molecule has 0 amide bonds. The third-order valence-corrected chi connectivity index (χ3v) is 7.66. The van der Waals surface area contributed by atoms with Crippen LogP contribution in [-0.4, -0.2) is 38.6 Å². The number of likely N-dealkylation sites (N-methyl/N-ethyl adjacent to an activating group) is 1. The maximum absolute atomic E-state index is 13.3. The highest BCUT2D eigenvalue weighted by molar-refractivity contribution is 7.98. The molecule has 0 bridgehead atoms. The fourth-order valence-corrected chi connectivity index (χ4v) is 5.38. The number of benzene rings is 2. The number of unbranched alkanes of at least 4 members (excludes halogenated alkanes) is 1. The molecule has 0 spiro atoms. The van der Waals surface area contributed by atoms with Gasteiger partial charge in [0, 0.05) is 30.2 Å². The summed E-state index contributed by atoms with van der Waals surface area (Å²) in [6.07, 6.45) is 4.94. The third kappa shape index (κ3) is 3.63. The minimum absolute atomic E-state index is 0.0507. The Morgan fingerprint density at radius 2 is 1.88 bits per heavy atom. The number of rotatable bonds is 5. The maximum atomic E-state index is 13.3. The lowest BCUT2D eigenvalue weighted by atomic mass is 10.1. The Morgan fingerprint density at radius 3 is 2.54 bits per heavy atom. The van der Waals surface area contributed by atoms with Gasteiger partial charge in [-0.3, -0.25) is 0 Å². The van der Waals surface area contributed by atoms with Crippen LogP contribution in [0, 0.1) is 0 Å². The molecule has 1 heterocycles. The van der Waals surface area contributed by atoms with E-state index >= 15 is 0 Å². The van der Waals surface area contributed by atoms with Crippen molar-refractivity contribution >= 4 is 33.2 Å². The summed E-state index contributed by atoms with van der Waals surface area (Å²) < 4.78 is 28.1. The predicted molar refractivity (Wildman–Crippen MR) is 110 cm³/mol. The monoisotopic (exact) mass is 390 g/mol. The fraction of sp³-hybridized carbons (Fsp3) is 0.400. The van der Waals surface area contributed by atoms with E-state index in [1.54, 1.807) is 29.2 Å². The van der Waals surface area contributed by atoms with Crippen molar-refractivity contribution in [1.29, 1.82) is 0 Å². The number of fused-ring (bicyclic) bond motifs is 1. The Balaban J connectivity index is 2.18. The highest BCUT2D eigenvalue weighted by Crippen LogP contribution is 2.39. The van der Waals surface area contributed by atoms with Crippen molar-refractivity contribution in [3.63, 3.8) is 0 Å².